The van der Waals surface area contributed by atoms with Gasteiger partial charge in [-0.25, -0.2) is 9.97 Å². The van der Waals surface area contributed by atoms with E-state index < -0.39 is 10.8 Å². The van der Waals surface area contributed by atoms with Gasteiger partial charge in [-0.15, -0.1) is 0 Å². The molecule has 0 amide bonds. The fourth-order valence-corrected chi connectivity index (χ4v) is 5.18. The van der Waals surface area contributed by atoms with Gasteiger partial charge in [0, 0.05) is 36.0 Å². The molecule has 3 aromatic rings. The van der Waals surface area contributed by atoms with E-state index >= 15 is 0 Å². The average molecular weight is 412 g/mol. The Balaban J connectivity index is 1.60. The summed E-state index contributed by atoms with van der Waals surface area (Å²) < 4.78 is 12.5. The SMILES string of the molecule is CS(=O)C1CC(c2ccnc3nc(-c4cn[nH]c4)[nH]c23)CC=C1CCCN=CN. The Labute approximate surface area is 171 Å². The lowest BCUT2D eigenvalue weighted by molar-refractivity contribution is 0.579. The largest absolute Gasteiger partial charge is 0.390 e. The lowest BCUT2D eigenvalue weighted by Crippen LogP contribution is -2.24. The van der Waals surface area contributed by atoms with E-state index in [0.717, 1.165) is 42.6 Å². The molecule has 3 heterocycles. The smallest absolute Gasteiger partial charge is 0.178 e. The highest BCUT2D eigenvalue weighted by molar-refractivity contribution is 7.85. The van der Waals surface area contributed by atoms with Crippen molar-refractivity contribution in [1.29, 1.82) is 0 Å². The predicted molar refractivity (Wildman–Crippen MR) is 116 cm³/mol. The summed E-state index contributed by atoms with van der Waals surface area (Å²) in [4.78, 5) is 16.5. The number of allylic oxidation sites excluding steroid dienone is 1. The van der Waals surface area contributed by atoms with Gasteiger partial charge in [-0.2, -0.15) is 5.10 Å². The molecule has 1 aliphatic rings. The van der Waals surface area contributed by atoms with Crippen LogP contribution in [-0.4, -0.2) is 53.7 Å². The van der Waals surface area contributed by atoms with Crippen molar-refractivity contribution >= 4 is 28.3 Å². The van der Waals surface area contributed by atoms with Crippen molar-refractivity contribution in [2.75, 3.05) is 12.8 Å². The van der Waals surface area contributed by atoms with Crippen molar-refractivity contribution in [2.24, 2.45) is 10.7 Å². The summed E-state index contributed by atoms with van der Waals surface area (Å²) in [6, 6.07) is 2.05. The lowest BCUT2D eigenvalue weighted by atomic mass is 9.83. The first-order valence-electron chi connectivity index (χ1n) is 9.72. The zero-order valence-electron chi connectivity index (χ0n) is 16.3. The maximum Gasteiger partial charge on any atom is 0.178 e. The molecule has 29 heavy (non-hydrogen) atoms. The van der Waals surface area contributed by atoms with Crippen LogP contribution in [0.3, 0.4) is 0 Å². The monoisotopic (exact) mass is 411 g/mol. The number of pyridine rings is 1. The van der Waals surface area contributed by atoms with E-state index in [0.29, 0.717) is 12.2 Å². The normalized spacial score (nSPS) is 20.9. The third kappa shape index (κ3) is 4.14. The number of rotatable bonds is 7. The maximum absolute atomic E-state index is 12.5. The molecular weight excluding hydrogens is 386 g/mol. The van der Waals surface area contributed by atoms with Crippen molar-refractivity contribution in [3.05, 3.63) is 41.9 Å². The van der Waals surface area contributed by atoms with E-state index in [9.17, 15) is 4.21 Å². The number of nitrogens with one attached hydrogen (secondary N) is 2. The molecule has 1 aliphatic carbocycles. The molecule has 3 aromatic heterocycles. The third-order valence-corrected chi connectivity index (χ3v) is 6.77. The Morgan fingerprint density at radius 1 is 1.45 bits per heavy atom. The van der Waals surface area contributed by atoms with Crippen LogP contribution >= 0.6 is 0 Å². The molecular formula is C20H25N7OS. The summed E-state index contributed by atoms with van der Waals surface area (Å²) in [5.41, 5.74) is 10.3. The Hall–Kier alpha value is -2.81. The predicted octanol–water partition coefficient (Wildman–Crippen LogP) is 2.67. The molecule has 3 unspecified atom stereocenters. The van der Waals surface area contributed by atoms with Crippen LogP contribution in [0.15, 0.2) is 41.3 Å². The van der Waals surface area contributed by atoms with Gasteiger partial charge in [-0.1, -0.05) is 11.6 Å². The first-order valence-corrected chi connectivity index (χ1v) is 11.3. The first-order chi connectivity index (χ1) is 14.2. The Kier molecular flexibility index (Phi) is 5.84. The number of aromatic amines is 2. The van der Waals surface area contributed by atoms with Crippen molar-refractivity contribution in [3.8, 4) is 11.4 Å². The highest BCUT2D eigenvalue weighted by Gasteiger charge is 2.29. The molecule has 4 N–H and O–H groups in total. The highest BCUT2D eigenvalue weighted by atomic mass is 32.2. The number of hydrogen-bond acceptors (Lipinski definition) is 5. The molecule has 0 spiro atoms. The fraction of sp³-hybridized carbons (Fsp3) is 0.400. The summed E-state index contributed by atoms with van der Waals surface area (Å²) in [5.74, 6) is 1.02. The van der Waals surface area contributed by atoms with Crippen LogP contribution in [-0.2, 0) is 10.8 Å². The van der Waals surface area contributed by atoms with Crippen molar-refractivity contribution in [2.45, 2.75) is 36.9 Å². The van der Waals surface area contributed by atoms with Crippen molar-refractivity contribution in [3.63, 3.8) is 0 Å². The van der Waals surface area contributed by atoms with Crippen LogP contribution in [0.2, 0.25) is 0 Å². The van der Waals surface area contributed by atoms with Gasteiger partial charge in [-0.05, 0) is 43.2 Å². The number of aromatic nitrogens is 5. The average Bonchev–Trinajstić information content (AvgIpc) is 3.40. The molecule has 0 aliphatic heterocycles. The van der Waals surface area contributed by atoms with Crippen LogP contribution in [0.25, 0.3) is 22.6 Å². The van der Waals surface area contributed by atoms with Gasteiger partial charge in [-0.3, -0.25) is 14.3 Å². The Morgan fingerprint density at radius 3 is 3.10 bits per heavy atom. The molecule has 9 heteroatoms. The fourth-order valence-electron chi connectivity index (χ4n) is 4.03. The molecule has 0 aromatic carbocycles. The topological polar surface area (TPSA) is 126 Å². The van der Waals surface area contributed by atoms with Crippen LogP contribution in [0.5, 0.6) is 0 Å². The molecule has 152 valence electrons. The number of nitrogens with zero attached hydrogens (tertiary/aromatic N) is 4. The second kappa shape index (κ2) is 8.69. The standard InChI is InChI=1S/C20H25N7OS/c1-29(28)17-9-14(5-4-13(17)3-2-7-22-12-21)16-6-8-23-20-18(16)26-19(27-20)15-10-24-25-11-15/h4,6,8,10-12,14,17H,2-3,5,7,9H2,1H3,(H2,21,22)(H,24,25)(H,23,26,27). The second-order valence-electron chi connectivity index (χ2n) is 7.26. The van der Waals surface area contributed by atoms with Gasteiger partial charge in [0.1, 0.15) is 5.82 Å². The number of fused-ring (bicyclic) bond motifs is 1. The number of aliphatic imine (C=N–C) groups is 1. The van der Waals surface area contributed by atoms with E-state index in [4.69, 9.17) is 5.73 Å². The molecule has 3 atom stereocenters. The quantitative estimate of drug-likeness (QED) is 0.238. The Bertz CT molecular complexity index is 1050. The van der Waals surface area contributed by atoms with Crippen LogP contribution in [0.1, 0.15) is 37.2 Å². The Morgan fingerprint density at radius 2 is 2.34 bits per heavy atom. The zero-order valence-corrected chi connectivity index (χ0v) is 17.2. The second-order valence-corrected chi connectivity index (χ2v) is 8.83. The minimum absolute atomic E-state index is 0.0649. The number of nitrogens with two attached hydrogens (primary N) is 1. The van der Waals surface area contributed by atoms with Crippen molar-refractivity contribution < 1.29 is 4.21 Å². The van der Waals surface area contributed by atoms with Gasteiger partial charge in [0.15, 0.2) is 5.65 Å². The summed E-state index contributed by atoms with van der Waals surface area (Å²) in [5, 5.41) is 6.87. The number of imidazole rings is 1. The van der Waals surface area contributed by atoms with E-state index in [-0.39, 0.29) is 11.2 Å². The van der Waals surface area contributed by atoms with Crippen LogP contribution in [0.4, 0.5) is 0 Å². The zero-order chi connectivity index (χ0) is 20.2. The highest BCUT2D eigenvalue weighted by Crippen LogP contribution is 2.38. The molecule has 0 radical (unpaired) electrons. The third-order valence-electron chi connectivity index (χ3n) is 5.47. The van der Waals surface area contributed by atoms with Gasteiger partial charge in [0.25, 0.3) is 0 Å². The minimum atomic E-state index is -0.922. The van der Waals surface area contributed by atoms with E-state index in [1.807, 2.05) is 0 Å². The molecule has 4 rings (SSSR count). The molecule has 0 fully saturated rings. The van der Waals surface area contributed by atoms with Crippen LogP contribution < -0.4 is 5.73 Å². The molecule has 8 nitrogen and oxygen atoms in total. The molecule has 0 bridgehead atoms. The molecule has 0 saturated heterocycles. The van der Waals surface area contributed by atoms with Crippen molar-refractivity contribution in [1.82, 2.24) is 25.1 Å². The van der Waals surface area contributed by atoms with Gasteiger partial charge < -0.3 is 10.7 Å². The first kappa shape index (κ1) is 19.5. The summed E-state index contributed by atoms with van der Waals surface area (Å²) in [6.07, 6.45) is 14.4. The van der Waals surface area contributed by atoms with E-state index in [2.05, 4.69) is 42.3 Å². The minimum Gasteiger partial charge on any atom is -0.390 e. The lowest BCUT2D eigenvalue weighted by Gasteiger charge is -2.29. The summed E-state index contributed by atoms with van der Waals surface area (Å²) in [7, 11) is -0.922. The summed E-state index contributed by atoms with van der Waals surface area (Å²) in [6.45, 7) is 0.705. The van der Waals surface area contributed by atoms with Gasteiger partial charge >= 0.3 is 0 Å². The number of hydrogen-bond donors (Lipinski definition) is 3. The van der Waals surface area contributed by atoms with Gasteiger partial charge in [0.2, 0.25) is 0 Å². The molecule has 0 saturated carbocycles. The van der Waals surface area contributed by atoms with Crippen LogP contribution in [0, 0.1) is 0 Å². The van der Waals surface area contributed by atoms with E-state index in [1.165, 1.54) is 17.5 Å². The maximum atomic E-state index is 12.5. The van der Waals surface area contributed by atoms with Gasteiger partial charge in [0.05, 0.1) is 28.9 Å². The van der Waals surface area contributed by atoms with E-state index in [1.54, 1.807) is 24.8 Å². The summed E-state index contributed by atoms with van der Waals surface area (Å²) >= 11 is 0. The number of H-pyrrole nitrogens is 2.